The number of hydrogen-bond donors (Lipinski definition) is 1. The van der Waals surface area contributed by atoms with Crippen LogP contribution in [-0.4, -0.2) is 6.04 Å². The molecule has 0 unspecified atom stereocenters. The molecule has 2 nitrogen and oxygen atoms in total. The monoisotopic (exact) mass is 283 g/mol. The molecule has 0 atom stereocenters. The molecule has 0 radical (unpaired) electrons. The van der Waals surface area contributed by atoms with Crippen molar-refractivity contribution in [2.24, 2.45) is 0 Å². The third kappa shape index (κ3) is 4.33. The Morgan fingerprint density at radius 1 is 1.05 bits per heavy atom. The molecule has 0 aromatic heterocycles. The number of aryl methyl sites for hydroxylation is 2. The SMILES string of the molecule is CCc1ccccc1Oc1ccc(CNC(C)C)cc1C. The van der Waals surface area contributed by atoms with E-state index in [1.54, 1.807) is 0 Å². The lowest BCUT2D eigenvalue weighted by Crippen LogP contribution is -2.21. The number of para-hydroxylation sites is 1. The summed E-state index contributed by atoms with van der Waals surface area (Å²) in [5, 5.41) is 3.44. The number of rotatable bonds is 6. The maximum atomic E-state index is 6.09. The first-order valence-corrected chi connectivity index (χ1v) is 7.68. The number of nitrogens with one attached hydrogen (secondary N) is 1. The fraction of sp³-hybridized carbons (Fsp3) is 0.368. The topological polar surface area (TPSA) is 21.3 Å². The smallest absolute Gasteiger partial charge is 0.130 e. The average molecular weight is 283 g/mol. The Morgan fingerprint density at radius 2 is 1.81 bits per heavy atom. The summed E-state index contributed by atoms with van der Waals surface area (Å²) in [5.41, 5.74) is 3.70. The van der Waals surface area contributed by atoms with Gasteiger partial charge >= 0.3 is 0 Å². The van der Waals surface area contributed by atoms with Gasteiger partial charge in [0.2, 0.25) is 0 Å². The van der Waals surface area contributed by atoms with Gasteiger partial charge in [-0.05, 0) is 42.2 Å². The highest BCUT2D eigenvalue weighted by atomic mass is 16.5. The standard InChI is InChI=1S/C19H25NO/c1-5-17-8-6-7-9-19(17)21-18-11-10-16(12-15(18)4)13-20-14(2)3/h6-12,14,20H,5,13H2,1-4H3. The van der Waals surface area contributed by atoms with Gasteiger partial charge in [0.15, 0.2) is 0 Å². The molecule has 0 aliphatic heterocycles. The Kier molecular flexibility index (Phi) is 5.40. The van der Waals surface area contributed by atoms with Gasteiger partial charge in [-0.15, -0.1) is 0 Å². The lowest BCUT2D eigenvalue weighted by Gasteiger charge is -2.14. The molecule has 0 spiro atoms. The molecule has 2 aromatic rings. The van der Waals surface area contributed by atoms with Gasteiger partial charge < -0.3 is 10.1 Å². The first-order valence-electron chi connectivity index (χ1n) is 7.68. The van der Waals surface area contributed by atoms with E-state index in [-0.39, 0.29) is 0 Å². The van der Waals surface area contributed by atoms with E-state index in [0.29, 0.717) is 6.04 Å². The van der Waals surface area contributed by atoms with Crippen LogP contribution in [0.4, 0.5) is 0 Å². The Bertz CT molecular complexity index is 590. The average Bonchev–Trinajstić information content (AvgIpc) is 2.48. The van der Waals surface area contributed by atoms with Crippen LogP contribution in [0.1, 0.15) is 37.5 Å². The second-order valence-corrected chi connectivity index (χ2v) is 5.70. The molecule has 0 saturated heterocycles. The van der Waals surface area contributed by atoms with Crippen LogP contribution in [0.15, 0.2) is 42.5 Å². The third-order valence-electron chi connectivity index (χ3n) is 3.53. The highest BCUT2D eigenvalue weighted by Crippen LogP contribution is 2.28. The van der Waals surface area contributed by atoms with Gasteiger partial charge in [-0.2, -0.15) is 0 Å². The Balaban J connectivity index is 2.14. The molecule has 2 rings (SSSR count). The molecule has 0 bridgehead atoms. The van der Waals surface area contributed by atoms with E-state index in [9.17, 15) is 0 Å². The minimum absolute atomic E-state index is 0.498. The van der Waals surface area contributed by atoms with Gasteiger partial charge in [0.1, 0.15) is 11.5 Å². The fourth-order valence-electron chi connectivity index (χ4n) is 2.27. The highest BCUT2D eigenvalue weighted by molar-refractivity contribution is 5.42. The van der Waals surface area contributed by atoms with Crippen LogP contribution in [0.2, 0.25) is 0 Å². The van der Waals surface area contributed by atoms with Gasteiger partial charge in [0.05, 0.1) is 0 Å². The van der Waals surface area contributed by atoms with Crippen LogP contribution in [0.3, 0.4) is 0 Å². The minimum atomic E-state index is 0.498. The van der Waals surface area contributed by atoms with Crippen molar-refractivity contribution in [2.45, 2.75) is 46.7 Å². The van der Waals surface area contributed by atoms with Gasteiger partial charge in [0, 0.05) is 12.6 Å². The number of hydrogen-bond acceptors (Lipinski definition) is 2. The van der Waals surface area contributed by atoms with Crippen LogP contribution in [0.25, 0.3) is 0 Å². The van der Waals surface area contributed by atoms with Gasteiger partial charge in [-0.25, -0.2) is 0 Å². The highest BCUT2D eigenvalue weighted by Gasteiger charge is 2.06. The van der Waals surface area contributed by atoms with E-state index in [1.807, 2.05) is 12.1 Å². The van der Waals surface area contributed by atoms with Crippen molar-refractivity contribution in [3.05, 3.63) is 59.2 Å². The predicted octanol–water partition coefficient (Wildman–Crippen LogP) is 4.85. The van der Waals surface area contributed by atoms with Crippen LogP contribution >= 0.6 is 0 Å². The molecule has 0 amide bonds. The Morgan fingerprint density at radius 3 is 2.48 bits per heavy atom. The second kappa shape index (κ2) is 7.28. The van der Waals surface area contributed by atoms with Gasteiger partial charge in [-0.3, -0.25) is 0 Å². The fourth-order valence-corrected chi connectivity index (χ4v) is 2.27. The summed E-state index contributed by atoms with van der Waals surface area (Å²) in [5.74, 6) is 1.89. The molecular weight excluding hydrogens is 258 g/mol. The van der Waals surface area contributed by atoms with Crippen LogP contribution in [-0.2, 0) is 13.0 Å². The molecule has 112 valence electrons. The third-order valence-corrected chi connectivity index (χ3v) is 3.53. The number of ether oxygens (including phenoxy) is 1. The minimum Gasteiger partial charge on any atom is -0.457 e. The zero-order valence-electron chi connectivity index (χ0n) is 13.4. The van der Waals surface area contributed by atoms with Crippen LogP contribution in [0.5, 0.6) is 11.5 Å². The summed E-state index contributed by atoms with van der Waals surface area (Å²) in [6.07, 6.45) is 0.978. The van der Waals surface area contributed by atoms with Crippen molar-refractivity contribution in [1.82, 2.24) is 5.32 Å². The summed E-state index contributed by atoms with van der Waals surface area (Å²) in [7, 11) is 0. The van der Waals surface area contributed by atoms with E-state index in [0.717, 1.165) is 24.5 Å². The largest absolute Gasteiger partial charge is 0.457 e. The number of benzene rings is 2. The summed E-state index contributed by atoms with van der Waals surface area (Å²) in [6.45, 7) is 9.46. The predicted molar refractivity (Wildman–Crippen MR) is 89.0 cm³/mol. The first-order chi connectivity index (χ1) is 10.1. The molecule has 1 N–H and O–H groups in total. The van der Waals surface area contributed by atoms with E-state index in [1.165, 1.54) is 16.7 Å². The van der Waals surface area contributed by atoms with Crippen LogP contribution in [0, 0.1) is 6.92 Å². The molecule has 0 aliphatic rings. The lowest BCUT2D eigenvalue weighted by molar-refractivity contribution is 0.472. The molecule has 21 heavy (non-hydrogen) atoms. The zero-order chi connectivity index (χ0) is 15.2. The normalized spacial score (nSPS) is 10.9. The van der Waals surface area contributed by atoms with E-state index in [2.05, 4.69) is 63.3 Å². The van der Waals surface area contributed by atoms with Crippen molar-refractivity contribution >= 4 is 0 Å². The van der Waals surface area contributed by atoms with Gasteiger partial charge in [0.25, 0.3) is 0 Å². The molecule has 0 aliphatic carbocycles. The second-order valence-electron chi connectivity index (χ2n) is 5.70. The molecular formula is C19H25NO. The van der Waals surface area contributed by atoms with Crippen LogP contribution < -0.4 is 10.1 Å². The van der Waals surface area contributed by atoms with Crippen molar-refractivity contribution < 1.29 is 4.74 Å². The Hall–Kier alpha value is -1.80. The summed E-state index contributed by atoms with van der Waals surface area (Å²) in [4.78, 5) is 0. The summed E-state index contributed by atoms with van der Waals surface area (Å²) < 4.78 is 6.09. The van der Waals surface area contributed by atoms with Gasteiger partial charge in [-0.1, -0.05) is 51.1 Å². The summed E-state index contributed by atoms with van der Waals surface area (Å²) >= 11 is 0. The van der Waals surface area contributed by atoms with E-state index in [4.69, 9.17) is 4.74 Å². The van der Waals surface area contributed by atoms with Crippen molar-refractivity contribution in [1.29, 1.82) is 0 Å². The van der Waals surface area contributed by atoms with E-state index < -0.39 is 0 Å². The van der Waals surface area contributed by atoms with E-state index >= 15 is 0 Å². The quantitative estimate of drug-likeness (QED) is 0.818. The van der Waals surface area contributed by atoms with Crippen molar-refractivity contribution in [3.8, 4) is 11.5 Å². The Labute approximate surface area is 128 Å². The molecule has 2 heteroatoms. The van der Waals surface area contributed by atoms with Crippen molar-refractivity contribution in [3.63, 3.8) is 0 Å². The lowest BCUT2D eigenvalue weighted by atomic mass is 10.1. The molecule has 2 aromatic carbocycles. The maximum absolute atomic E-state index is 6.09. The first kappa shape index (κ1) is 15.6. The molecule has 0 saturated carbocycles. The van der Waals surface area contributed by atoms with Crippen molar-refractivity contribution in [2.75, 3.05) is 0 Å². The molecule has 0 heterocycles. The molecule has 0 fully saturated rings. The summed E-state index contributed by atoms with van der Waals surface area (Å²) in [6, 6.07) is 15.1. The zero-order valence-corrected chi connectivity index (χ0v) is 13.4. The maximum Gasteiger partial charge on any atom is 0.130 e.